The van der Waals surface area contributed by atoms with Crippen molar-refractivity contribution >= 4 is 0 Å². The van der Waals surface area contributed by atoms with Crippen LogP contribution in [-0.2, 0) is 11.8 Å². The summed E-state index contributed by atoms with van der Waals surface area (Å²) in [7, 11) is 0. The van der Waals surface area contributed by atoms with Gasteiger partial charge in [0.05, 0.1) is 17.3 Å². The maximum atomic E-state index is 12.4. The van der Waals surface area contributed by atoms with Gasteiger partial charge in [-0.3, -0.25) is 0 Å². The van der Waals surface area contributed by atoms with Crippen molar-refractivity contribution in [1.29, 1.82) is 0 Å². The van der Waals surface area contributed by atoms with Gasteiger partial charge in [-0.05, 0) is 43.4 Å². The van der Waals surface area contributed by atoms with E-state index in [0.29, 0.717) is 31.2 Å². The first-order valence-corrected chi connectivity index (χ1v) is 5.89. The highest BCUT2D eigenvalue weighted by atomic mass is 19.4. The van der Waals surface area contributed by atoms with Crippen molar-refractivity contribution in [1.82, 2.24) is 0 Å². The average Bonchev–Trinajstić information content (AvgIpc) is 2.32. The molecule has 2 rings (SSSR count). The van der Waals surface area contributed by atoms with Crippen molar-refractivity contribution in [3.8, 4) is 0 Å². The first kappa shape index (κ1) is 13.4. The molecule has 1 fully saturated rings. The van der Waals surface area contributed by atoms with Gasteiger partial charge in [0.25, 0.3) is 0 Å². The molecule has 18 heavy (non-hydrogen) atoms. The monoisotopic (exact) mass is 260 g/mol. The van der Waals surface area contributed by atoms with Gasteiger partial charge in [-0.15, -0.1) is 0 Å². The molecule has 0 bridgehead atoms. The Balaban J connectivity index is 2.19. The first-order valence-electron chi connectivity index (χ1n) is 5.89. The fourth-order valence-corrected chi connectivity index (χ4v) is 2.34. The lowest BCUT2D eigenvalue weighted by Crippen LogP contribution is -2.33. The van der Waals surface area contributed by atoms with Gasteiger partial charge in [-0.25, -0.2) is 0 Å². The zero-order chi connectivity index (χ0) is 13.4. The summed E-state index contributed by atoms with van der Waals surface area (Å²) in [5.41, 5.74) is -1.34. The number of hydrogen-bond donors (Lipinski definition) is 2. The second-order valence-corrected chi connectivity index (χ2v) is 4.84. The molecule has 1 saturated carbocycles. The largest absolute Gasteiger partial charge is 0.416 e. The normalized spacial score (nSPS) is 29.3. The van der Waals surface area contributed by atoms with E-state index in [1.165, 1.54) is 12.1 Å². The summed E-state index contributed by atoms with van der Waals surface area (Å²) in [6, 6.07) is 4.61. The van der Waals surface area contributed by atoms with Crippen LogP contribution in [0.5, 0.6) is 0 Å². The Morgan fingerprint density at radius 3 is 2.00 bits per heavy atom. The van der Waals surface area contributed by atoms with E-state index >= 15 is 0 Å². The van der Waals surface area contributed by atoms with Gasteiger partial charge in [-0.2, -0.15) is 13.2 Å². The molecule has 1 aromatic carbocycles. The van der Waals surface area contributed by atoms with E-state index in [4.69, 9.17) is 0 Å². The predicted molar refractivity (Wildman–Crippen MR) is 59.8 cm³/mol. The van der Waals surface area contributed by atoms with Crippen molar-refractivity contribution < 1.29 is 23.4 Å². The van der Waals surface area contributed by atoms with Crippen LogP contribution in [0.4, 0.5) is 13.2 Å². The molecule has 0 heterocycles. The summed E-state index contributed by atoms with van der Waals surface area (Å²) >= 11 is 0. The number of alkyl halides is 3. The molecular formula is C13H15F3O2. The summed E-state index contributed by atoms with van der Waals surface area (Å²) in [6.45, 7) is 0. The Bertz CT molecular complexity index is 403. The van der Waals surface area contributed by atoms with E-state index < -0.39 is 23.4 Å². The number of aliphatic hydroxyl groups excluding tert-OH is 1. The van der Waals surface area contributed by atoms with Crippen molar-refractivity contribution in [2.45, 2.75) is 43.6 Å². The third kappa shape index (κ3) is 2.67. The average molecular weight is 260 g/mol. The molecule has 0 spiro atoms. The number of rotatable bonds is 1. The summed E-state index contributed by atoms with van der Waals surface area (Å²) in [6.07, 6.45) is -3.09. The molecule has 1 aromatic rings. The highest BCUT2D eigenvalue weighted by Gasteiger charge is 2.35. The lowest BCUT2D eigenvalue weighted by atomic mass is 9.78. The Kier molecular flexibility index (Phi) is 3.38. The molecule has 0 aliphatic heterocycles. The fraction of sp³-hybridized carbons (Fsp3) is 0.538. The van der Waals surface area contributed by atoms with Crippen molar-refractivity contribution in [2.75, 3.05) is 0 Å². The molecule has 5 heteroatoms. The zero-order valence-corrected chi connectivity index (χ0v) is 9.74. The molecule has 2 N–H and O–H groups in total. The molecule has 0 atom stereocenters. The van der Waals surface area contributed by atoms with Crippen LogP contribution in [0.1, 0.15) is 36.8 Å². The van der Waals surface area contributed by atoms with Crippen molar-refractivity contribution in [2.24, 2.45) is 0 Å². The topological polar surface area (TPSA) is 40.5 Å². The number of benzene rings is 1. The SMILES string of the molecule is OC1CCC(O)(c2ccc(C(F)(F)F)cc2)CC1. The van der Waals surface area contributed by atoms with Gasteiger partial charge in [0.2, 0.25) is 0 Å². The summed E-state index contributed by atoms with van der Waals surface area (Å²) in [5, 5.41) is 19.7. The minimum absolute atomic E-state index is 0.375. The van der Waals surface area contributed by atoms with Crippen molar-refractivity contribution in [3.05, 3.63) is 35.4 Å². The zero-order valence-electron chi connectivity index (χ0n) is 9.74. The van der Waals surface area contributed by atoms with E-state index in [-0.39, 0.29) is 0 Å². The molecule has 100 valence electrons. The van der Waals surface area contributed by atoms with Gasteiger partial charge < -0.3 is 10.2 Å². The second kappa shape index (κ2) is 4.55. The Morgan fingerprint density at radius 2 is 1.56 bits per heavy atom. The third-order valence-electron chi connectivity index (χ3n) is 3.53. The smallest absolute Gasteiger partial charge is 0.393 e. The minimum Gasteiger partial charge on any atom is -0.393 e. The molecule has 0 amide bonds. The number of aliphatic hydroxyl groups is 2. The van der Waals surface area contributed by atoms with Crippen LogP contribution in [0.25, 0.3) is 0 Å². The van der Waals surface area contributed by atoms with Gasteiger partial charge >= 0.3 is 6.18 Å². The summed E-state index contributed by atoms with van der Waals surface area (Å²) in [4.78, 5) is 0. The minimum atomic E-state index is -4.36. The summed E-state index contributed by atoms with van der Waals surface area (Å²) < 4.78 is 37.2. The van der Waals surface area contributed by atoms with Gasteiger partial charge in [0.15, 0.2) is 0 Å². The molecule has 0 saturated heterocycles. The van der Waals surface area contributed by atoms with Gasteiger partial charge in [-0.1, -0.05) is 12.1 Å². The lowest BCUT2D eigenvalue weighted by Gasteiger charge is -2.34. The molecule has 2 nitrogen and oxygen atoms in total. The van der Waals surface area contributed by atoms with Crippen molar-refractivity contribution in [3.63, 3.8) is 0 Å². The van der Waals surface area contributed by atoms with Crippen LogP contribution in [0.3, 0.4) is 0 Å². The van der Waals surface area contributed by atoms with Crippen LogP contribution < -0.4 is 0 Å². The molecular weight excluding hydrogens is 245 g/mol. The van der Waals surface area contributed by atoms with E-state index in [1.54, 1.807) is 0 Å². The van der Waals surface area contributed by atoms with E-state index in [2.05, 4.69) is 0 Å². The first-order chi connectivity index (χ1) is 8.31. The Labute approximate surface area is 103 Å². The van der Waals surface area contributed by atoms with E-state index in [1.807, 2.05) is 0 Å². The molecule has 0 unspecified atom stereocenters. The number of halogens is 3. The molecule has 1 aliphatic rings. The van der Waals surface area contributed by atoms with E-state index in [9.17, 15) is 23.4 Å². The molecule has 1 aliphatic carbocycles. The van der Waals surface area contributed by atoms with Gasteiger partial charge in [0, 0.05) is 0 Å². The maximum absolute atomic E-state index is 12.4. The van der Waals surface area contributed by atoms with Crippen LogP contribution in [0, 0.1) is 0 Å². The number of hydrogen-bond acceptors (Lipinski definition) is 2. The predicted octanol–water partition coefficient (Wildman–Crippen LogP) is 2.83. The van der Waals surface area contributed by atoms with Crippen LogP contribution in [0.2, 0.25) is 0 Å². The fourth-order valence-electron chi connectivity index (χ4n) is 2.34. The molecule has 0 aromatic heterocycles. The standard InChI is InChI=1S/C13H15F3O2/c14-13(15,16)10-3-1-9(2-4-10)12(18)7-5-11(17)6-8-12/h1-4,11,17-18H,5-8H2. The lowest BCUT2D eigenvalue weighted by molar-refractivity contribution is -0.137. The third-order valence-corrected chi connectivity index (χ3v) is 3.53. The van der Waals surface area contributed by atoms with E-state index in [0.717, 1.165) is 12.1 Å². The highest BCUT2D eigenvalue weighted by molar-refractivity contribution is 5.29. The Hall–Kier alpha value is -1.07. The highest BCUT2D eigenvalue weighted by Crippen LogP contribution is 2.38. The molecule has 0 radical (unpaired) electrons. The van der Waals surface area contributed by atoms with Crippen LogP contribution in [-0.4, -0.2) is 16.3 Å². The van der Waals surface area contributed by atoms with Crippen LogP contribution >= 0.6 is 0 Å². The quantitative estimate of drug-likeness (QED) is 0.815. The second-order valence-electron chi connectivity index (χ2n) is 4.84. The van der Waals surface area contributed by atoms with Gasteiger partial charge in [0.1, 0.15) is 0 Å². The Morgan fingerprint density at radius 1 is 1.06 bits per heavy atom. The summed E-state index contributed by atoms with van der Waals surface area (Å²) in [5.74, 6) is 0. The van der Waals surface area contributed by atoms with Crippen LogP contribution in [0.15, 0.2) is 24.3 Å². The maximum Gasteiger partial charge on any atom is 0.416 e.